The highest BCUT2D eigenvalue weighted by Gasteiger charge is 2.19. The molecule has 0 saturated heterocycles. The lowest BCUT2D eigenvalue weighted by atomic mass is 10.3. The molecule has 8 nitrogen and oxygen atoms in total. The van der Waals surface area contributed by atoms with Crippen molar-refractivity contribution in [1.29, 1.82) is 0 Å². The fraction of sp³-hybridized carbons (Fsp3) is 0.385. The van der Waals surface area contributed by atoms with Crippen LogP contribution in [-0.2, 0) is 18.4 Å². The van der Waals surface area contributed by atoms with Crippen LogP contribution in [0.25, 0.3) is 0 Å². The second kappa shape index (κ2) is 5.78. The normalized spacial score (nSPS) is 12.1. The average molecular weight is 291 g/mol. The first-order valence-corrected chi connectivity index (χ1v) is 6.39. The number of nitrogens with zero attached hydrogens (tertiary/aromatic N) is 5. The third-order valence-corrected chi connectivity index (χ3v) is 3.11. The van der Waals surface area contributed by atoms with Crippen molar-refractivity contribution in [2.24, 2.45) is 7.05 Å². The first-order valence-electron chi connectivity index (χ1n) is 6.39. The highest BCUT2D eigenvalue weighted by molar-refractivity contribution is 5.92. The first kappa shape index (κ1) is 14.8. The molecular weight excluding hydrogens is 274 g/mol. The maximum atomic E-state index is 12.2. The van der Waals surface area contributed by atoms with Crippen molar-refractivity contribution >= 4 is 11.9 Å². The van der Waals surface area contributed by atoms with Crippen molar-refractivity contribution in [3.63, 3.8) is 0 Å². The lowest BCUT2D eigenvalue weighted by Gasteiger charge is -2.14. The number of carbonyl (C=O) groups is 2. The van der Waals surface area contributed by atoms with Gasteiger partial charge in [-0.1, -0.05) is 0 Å². The van der Waals surface area contributed by atoms with E-state index >= 15 is 0 Å². The number of carbonyl (C=O) groups excluding carboxylic acids is 1. The van der Waals surface area contributed by atoms with Gasteiger partial charge in [0.15, 0.2) is 0 Å². The summed E-state index contributed by atoms with van der Waals surface area (Å²) >= 11 is 0. The van der Waals surface area contributed by atoms with E-state index < -0.39 is 12.0 Å². The maximum Gasteiger partial charge on any atom is 0.328 e. The van der Waals surface area contributed by atoms with Crippen molar-refractivity contribution in [2.75, 3.05) is 7.05 Å². The van der Waals surface area contributed by atoms with Crippen molar-refractivity contribution in [1.82, 2.24) is 24.5 Å². The molecule has 2 aromatic rings. The van der Waals surface area contributed by atoms with Gasteiger partial charge >= 0.3 is 5.97 Å². The zero-order chi connectivity index (χ0) is 15.6. The van der Waals surface area contributed by atoms with E-state index in [2.05, 4.69) is 10.2 Å². The quantitative estimate of drug-likeness (QED) is 0.867. The Labute approximate surface area is 121 Å². The van der Waals surface area contributed by atoms with Gasteiger partial charge in [0.25, 0.3) is 5.91 Å². The number of hydrogen-bond acceptors (Lipinski definition) is 4. The molecule has 0 spiro atoms. The summed E-state index contributed by atoms with van der Waals surface area (Å²) in [6.07, 6.45) is 5.01. The lowest BCUT2D eigenvalue weighted by Crippen LogP contribution is -2.27. The monoisotopic (exact) mass is 291 g/mol. The van der Waals surface area contributed by atoms with Crippen LogP contribution in [0, 0.1) is 0 Å². The molecule has 112 valence electrons. The van der Waals surface area contributed by atoms with E-state index in [4.69, 9.17) is 5.11 Å². The summed E-state index contributed by atoms with van der Waals surface area (Å²) in [4.78, 5) is 24.6. The topological polar surface area (TPSA) is 93.3 Å². The number of rotatable bonds is 5. The molecular formula is C13H17N5O3. The van der Waals surface area contributed by atoms with Gasteiger partial charge in [-0.3, -0.25) is 14.2 Å². The third-order valence-electron chi connectivity index (χ3n) is 3.11. The molecule has 0 saturated carbocycles. The minimum Gasteiger partial charge on any atom is -0.480 e. The smallest absolute Gasteiger partial charge is 0.328 e. The summed E-state index contributed by atoms with van der Waals surface area (Å²) in [6, 6.07) is 0.705. The number of hydrogen-bond donors (Lipinski definition) is 1. The summed E-state index contributed by atoms with van der Waals surface area (Å²) in [6.45, 7) is 1.91. The van der Waals surface area contributed by atoms with Crippen LogP contribution in [0.4, 0.5) is 0 Å². The molecule has 2 heterocycles. The van der Waals surface area contributed by atoms with Gasteiger partial charge in [-0.25, -0.2) is 4.79 Å². The van der Waals surface area contributed by atoms with Gasteiger partial charge in [0.05, 0.1) is 6.20 Å². The zero-order valence-electron chi connectivity index (χ0n) is 12.1. The molecule has 1 amide bonds. The molecule has 21 heavy (non-hydrogen) atoms. The van der Waals surface area contributed by atoms with Crippen molar-refractivity contribution in [3.05, 3.63) is 35.9 Å². The van der Waals surface area contributed by atoms with Crippen LogP contribution in [0.2, 0.25) is 0 Å². The Morgan fingerprint density at radius 3 is 2.76 bits per heavy atom. The molecule has 0 bridgehead atoms. The van der Waals surface area contributed by atoms with Crippen molar-refractivity contribution < 1.29 is 14.7 Å². The highest BCUT2D eigenvalue weighted by atomic mass is 16.4. The van der Waals surface area contributed by atoms with Gasteiger partial charge in [-0.15, -0.1) is 0 Å². The first-order chi connectivity index (χ1) is 9.88. The molecule has 1 N–H and O–H groups in total. The summed E-state index contributed by atoms with van der Waals surface area (Å²) in [5.41, 5.74) is 1.13. The van der Waals surface area contributed by atoms with Crippen LogP contribution in [-0.4, -0.2) is 48.5 Å². The van der Waals surface area contributed by atoms with Crippen LogP contribution in [0.5, 0.6) is 0 Å². The molecule has 1 atom stereocenters. The molecule has 2 aromatic heterocycles. The Morgan fingerprint density at radius 1 is 1.48 bits per heavy atom. The Balaban J connectivity index is 2.07. The number of aryl methyl sites for hydroxylation is 1. The minimum absolute atomic E-state index is 0.217. The molecule has 0 aliphatic rings. The predicted octanol–water partition coefficient (Wildman–Crippen LogP) is 0.534. The third kappa shape index (κ3) is 3.28. The van der Waals surface area contributed by atoms with Gasteiger partial charge in [0.2, 0.25) is 0 Å². The molecule has 8 heteroatoms. The average Bonchev–Trinajstić information content (AvgIpc) is 3.06. The SMILES string of the molecule is CC(C(=O)O)n1ccc(C(=O)N(C)Cc2cnn(C)c2)n1. The standard InChI is InChI=1S/C13H17N5O3/c1-9(13(20)21)18-5-4-11(15-18)12(19)16(2)7-10-6-14-17(3)8-10/h4-6,8-9H,7H2,1-3H3,(H,20,21). The minimum atomic E-state index is -0.999. The molecule has 0 aromatic carbocycles. The summed E-state index contributed by atoms with van der Waals surface area (Å²) in [5, 5.41) is 17.0. The van der Waals surface area contributed by atoms with Crippen LogP contribution in [0.15, 0.2) is 24.7 Å². The number of amides is 1. The maximum absolute atomic E-state index is 12.2. The molecule has 0 aliphatic carbocycles. The number of carboxylic acid groups (broad SMARTS) is 1. The molecule has 1 unspecified atom stereocenters. The van der Waals surface area contributed by atoms with E-state index in [9.17, 15) is 9.59 Å². The summed E-state index contributed by atoms with van der Waals surface area (Å²) in [5.74, 6) is -1.27. The summed E-state index contributed by atoms with van der Waals surface area (Å²) in [7, 11) is 3.47. The van der Waals surface area contributed by atoms with E-state index in [0.717, 1.165) is 5.56 Å². The van der Waals surface area contributed by atoms with Crippen molar-refractivity contribution in [2.45, 2.75) is 19.5 Å². The zero-order valence-corrected chi connectivity index (χ0v) is 12.1. The molecule has 0 aliphatic heterocycles. The van der Waals surface area contributed by atoms with Crippen LogP contribution >= 0.6 is 0 Å². The molecule has 2 rings (SSSR count). The van der Waals surface area contributed by atoms with Crippen LogP contribution in [0.3, 0.4) is 0 Å². The Bertz CT molecular complexity index is 660. The number of aliphatic carboxylic acids is 1. The van der Waals surface area contributed by atoms with Gasteiger partial charge < -0.3 is 10.0 Å². The van der Waals surface area contributed by atoms with E-state index in [-0.39, 0.29) is 11.6 Å². The predicted molar refractivity (Wildman–Crippen MR) is 73.6 cm³/mol. The van der Waals surface area contributed by atoms with E-state index in [0.29, 0.717) is 6.54 Å². The summed E-state index contributed by atoms with van der Waals surface area (Å²) < 4.78 is 2.92. The fourth-order valence-corrected chi connectivity index (χ4v) is 1.88. The van der Waals surface area contributed by atoms with E-state index in [1.807, 2.05) is 6.20 Å². The second-order valence-electron chi connectivity index (χ2n) is 4.88. The van der Waals surface area contributed by atoms with Crippen LogP contribution in [0.1, 0.15) is 29.0 Å². The van der Waals surface area contributed by atoms with Gasteiger partial charge in [0, 0.05) is 38.6 Å². The fourth-order valence-electron chi connectivity index (χ4n) is 1.88. The largest absolute Gasteiger partial charge is 0.480 e. The van der Waals surface area contributed by atoms with Crippen LogP contribution < -0.4 is 0 Å². The van der Waals surface area contributed by atoms with Crippen molar-refractivity contribution in [3.8, 4) is 0 Å². The van der Waals surface area contributed by atoms with Gasteiger partial charge in [0.1, 0.15) is 11.7 Å². The highest BCUT2D eigenvalue weighted by Crippen LogP contribution is 2.09. The number of aromatic nitrogens is 4. The lowest BCUT2D eigenvalue weighted by molar-refractivity contribution is -0.140. The van der Waals surface area contributed by atoms with Gasteiger partial charge in [-0.2, -0.15) is 10.2 Å². The van der Waals surface area contributed by atoms with Gasteiger partial charge in [-0.05, 0) is 13.0 Å². The molecule has 0 radical (unpaired) electrons. The molecule has 0 fully saturated rings. The van der Waals surface area contributed by atoms with E-state index in [1.165, 1.54) is 28.8 Å². The Hall–Kier alpha value is -2.64. The second-order valence-corrected chi connectivity index (χ2v) is 4.88. The number of carboxylic acids is 1. The Kier molecular flexibility index (Phi) is 4.06. The van der Waals surface area contributed by atoms with E-state index in [1.54, 1.807) is 25.0 Å². The Morgan fingerprint density at radius 2 is 2.19 bits per heavy atom.